The maximum absolute atomic E-state index is 12.9. The van der Waals surface area contributed by atoms with Crippen molar-refractivity contribution in [1.82, 2.24) is 4.98 Å². The van der Waals surface area contributed by atoms with E-state index >= 15 is 0 Å². The second-order valence-electron chi connectivity index (χ2n) is 7.17. The number of benzene rings is 2. The van der Waals surface area contributed by atoms with Gasteiger partial charge < -0.3 is 4.90 Å². The Morgan fingerprint density at radius 3 is 2.69 bits per heavy atom. The molecule has 3 aromatic rings. The average molecular weight is 407 g/mol. The fraction of sp³-hybridized carbons (Fsp3) is 0.182. The minimum absolute atomic E-state index is 0.147. The quantitative estimate of drug-likeness (QED) is 0.715. The molecule has 0 aliphatic carbocycles. The highest BCUT2D eigenvalue weighted by molar-refractivity contribution is 7.92. The second kappa shape index (κ2) is 7.33. The van der Waals surface area contributed by atoms with Gasteiger partial charge in [0.15, 0.2) is 0 Å². The van der Waals surface area contributed by atoms with Crippen molar-refractivity contribution in [3.63, 3.8) is 0 Å². The molecule has 6 nitrogen and oxygen atoms in total. The molecule has 2 aromatic carbocycles. The van der Waals surface area contributed by atoms with E-state index in [4.69, 9.17) is 0 Å². The number of aromatic nitrogens is 1. The van der Waals surface area contributed by atoms with E-state index < -0.39 is 10.0 Å². The fourth-order valence-corrected chi connectivity index (χ4v) is 4.89. The molecule has 1 N–H and O–H groups in total. The Balaban J connectivity index is 1.65. The van der Waals surface area contributed by atoms with E-state index in [0.717, 1.165) is 23.2 Å². The molecule has 1 amide bonds. The monoisotopic (exact) mass is 407 g/mol. The normalized spacial score (nSPS) is 13.2. The second-order valence-corrected chi connectivity index (χ2v) is 8.82. The van der Waals surface area contributed by atoms with Gasteiger partial charge in [0.05, 0.1) is 16.1 Å². The highest BCUT2D eigenvalue weighted by atomic mass is 32.2. The Hall–Kier alpha value is -3.19. The highest BCUT2D eigenvalue weighted by Crippen LogP contribution is 2.33. The summed E-state index contributed by atoms with van der Waals surface area (Å²) in [5.41, 5.74) is 4.21. The van der Waals surface area contributed by atoms with Gasteiger partial charge in [0.1, 0.15) is 0 Å². The number of pyridine rings is 1. The molecule has 0 spiro atoms. The molecule has 0 unspecified atom stereocenters. The van der Waals surface area contributed by atoms with Gasteiger partial charge in [-0.05, 0) is 67.3 Å². The number of carbonyl (C=O) groups is 1. The zero-order valence-corrected chi connectivity index (χ0v) is 17.0. The molecule has 29 heavy (non-hydrogen) atoms. The summed E-state index contributed by atoms with van der Waals surface area (Å²) in [5.74, 6) is -0.147. The Labute approximate surface area is 170 Å². The van der Waals surface area contributed by atoms with Crippen LogP contribution in [0, 0.1) is 13.8 Å². The standard InChI is InChI=1S/C22H21N3O3S/c1-15-5-6-16(2)21(12-15)29(27,28)24-19-8-7-17-9-11-25(20(17)13-19)22(26)18-4-3-10-23-14-18/h3-8,10,12-14,24H,9,11H2,1-2H3. The van der Waals surface area contributed by atoms with E-state index in [1.165, 1.54) is 6.20 Å². The van der Waals surface area contributed by atoms with Gasteiger partial charge in [0.25, 0.3) is 15.9 Å². The third-order valence-electron chi connectivity index (χ3n) is 5.02. The van der Waals surface area contributed by atoms with Crippen LogP contribution in [-0.4, -0.2) is 25.9 Å². The number of aryl methyl sites for hydroxylation is 2. The number of nitrogens with zero attached hydrogens (tertiary/aromatic N) is 2. The maximum Gasteiger partial charge on any atom is 0.262 e. The molecule has 4 rings (SSSR count). The number of hydrogen-bond donors (Lipinski definition) is 1. The van der Waals surface area contributed by atoms with Gasteiger partial charge in [-0.3, -0.25) is 14.5 Å². The molecule has 2 heterocycles. The summed E-state index contributed by atoms with van der Waals surface area (Å²) in [6.45, 7) is 4.18. The van der Waals surface area contributed by atoms with Crippen LogP contribution in [0.3, 0.4) is 0 Å². The lowest BCUT2D eigenvalue weighted by Crippen LogP contribution is -2.29. The minimum atomic E-state index is -3.74. The van der Waals surface area contributed by atoms with E-state index in [2.05, 4.69) is 9.71 Å². The first-order valence-corrected chi connectivity index (χ1v) is 10.8. The van der Waals surface area contributed by atoms with Crippen molar-refractivity contribution in [2.45, 2.75) is 25.2 Å². The van der Waals surface area contributed by atoms with E-state index in [-0.39, 0.29) is 10.8 Å². The van der Waals surface area contributed by atoms with Crippen LogP contribution >= 0.6 is 0 Å². The Morgan fingerprint density at radius 1 is 1.10 bits per heavy atom. The lowest BCUT2D eigenvalue weighted by atomic mass is 10.1. The molecule has 148 valence electrons. The third-order valence-corrected chi connectivity index (χ3v) is 6.54. The van der Waals surface area contributed by atoms with Crippen LogP contribution in [-0.2, 0) is 16.4 Å². The Kier molecular flexibility index (Phi) is 4.84. The summed E-state index contributed by atoms with van der Waals surface area (Å²) in [5, 5.41) is 0. The number of amides is 1. The van der Waals surface area contributed by atoms with Crippen LogP contribution in [0.25, 0.3) is 0 Å². The molecule has 1 aromatic heterocycles. The molecule has 0 saturated heterocycles. The van der Waals surface area contributed by atoms with Crippen LogP contribution in [0.2, 0.25) is 0 Å². The molecule has 0 saturated carbocycles. The van der Waals surface area contributed by atoms with Crippen LogP contribution in [0.15, 0.2) is 65.8 Å². The van der Waals surface area contributed by atoms with Gasteiger partial charge in [-0.25, -0.2) is 8.42 Å². The van der Waals surface area contributed by atoms with E-state index in [1.54, 1.807) is 54.4 Å². The van der Waals surface area contributed by atoms with Crippen LogP contribution in [0.4, 0.5) is 11.4 Å². The van der Waals surface area contributed by atoms with Crippen molar-refractivity contribution in [3.05, 3.63) is 83.2 Å². The molecule has 1 aliphatic heterocycles. The van der Waals surface area contributed by atoms with Gasteiger partial charge in [0.2, 0.25) is 0 Å². The lowest BCUT2D eigenvalue weighted by Gasteiger charge is -2.18. The molecular weight excluding hydrogens is 386 g/mol. The summed E-state index contributed by atoms with van der Waals surface area (Å²) >= 11 is 0. The van der Waals surface area contributed by atoms with Gasteiger partial charge in [-0.2, -0.15) is 0 Å². The summed E-state index contributed by atoms with van der Waals surface area (Å²) < 4.78 is 28.5. The van der Waals surface area contributed by atoms with Gasteiger partial charge >= 0.3 is 0 Å². The molecule has 0 fully saturated rings. The number of rotatable bonds is 4. The molecule has 1 aliphatic rings. The fourth-order valence-electron chi connectivity index (χ4n) is 3.51. The molecule has 0 bridgehead atoms. The topological polar surface area (TPSA) is 79.4 Å². The van der Waals surface area contributed by atoms with Crippen molar-refractivity contribution >= 4 is 27.3 Å². The van der Waals surface area contributed by atoms with Crippen LogP contribution in [0.5, 0.6) is 0 Å². The zero-order valence-electron chi connectivity index (χ0n) is 16.2. The first-order valence-electron chi connectivity index (χ1n) is 9.30. The summed E-state index contributed by atoms with van der Waals surface area (Å²) in [6, 6.07) is 14.1. The molecule has 7 heteroatoms. The Morgan fingerprint density at radius 2 is 1.93 bits per heavy atom. The zero-order chi connectivity index (χ0) is 20.6. The summed E-state index contributed by atoms with van der Waals surface area (Å²) in [6.07, 6.45) is 3.88. The van der Waals surface area contributed by atoms with Crippen LogP contribution < -0.4 is 9.62 Å². The van der Waals surface area contributed by atoms with Crippen molar-refractivity contribution in [2.75, 3.05) is 16.2 Å². The first-order chi connectivity index (χ1) is 13.8. The summed E-state index contributed by atoms with van der Waals surface area (Å²) in [4.78, 5) is 18.8. The smallest absolute Gasteiger partial charge is 0.262 e. The average Bonchev–Trinajstić information content (AvgIpc) is 3.12. The number of anilines is 2. The first kappa shape index (κ1) is 19.1. The SMILES string of the molecule is Cc1ccc(C)c(S(=O)(=O)Nc2ccc3c(c2)N(C(=O)c2cccnc2)CC3)c1. The number of carbonyl (C=O) groups excluding carboxylic acids is 1. The largest absolute Gasteiger partial charge is 0.308 e. The third kappa shape index (κ3) is 3.73. The molecular formula is C22H21N3O3S. The van der Waals surface area contributed by atoms with E-state index in [1.807, 2.05) is 19.1 Å². The van der Waals surface area contributed by atoms with Crippen LogP contribution in [0.1, 0.15) is 27.0 Å². The number of nitrogens with one attached hydrogen (secondary N) is 1. The van der Waals surface area contributed by atoms with Crippen molar-refractivity contribution in [3.8, 4) is 0 Å². The number of fused-ring (bicyclic) bond motifs is 1. The predicted molar refractivity (Wildman–Crippen MR) is 113 cm³/mol. The maximum atomic E-state index is 12.9. The number of hydrogen-bond acceptors (Lipinski definition) is 4. The lowest BCUT2D eigenvalue weighted by molar-refractivity contribution is 0.0989. The highest BCUT2D eigenvalue weighted by Gasteiger charge is 2.27. The van der Waals surface area contributed by atoms with Gasteiger partial charge in [-0.15, -0.1) is 0 Å². The molecule has 0 radical (unpaired) electrons. The molecule has 0 atom stereocenters. The summed E-state index contributed by atoms with van der Waals surface area (Å²) in [7, 11) is -3.74. The van der Waals surface area contributed by atoms with Crippen molar-refractivity contribution in [1.29, 1.82) is 0 Å². The van der Waals surface area contributed by atoms with Crippen molar-refractivity contribution < 1.29 is 13.2 Å². The predicted octanol–water partition coefficient (Wildman–Crippen LogP) is 3.70. The van der Waals surface area contributed by atoms with Crippen molar-refractivity contribution in [2.24, 2.45) is 0 Å². The van der Waals surface area contributed by atoms with E-state index in [0.29, 0.717) is 23.4 Å². The minimum Gasteiger partial charge on any atom is -0.308 e. The van der Waals surface area contributed by atoms with Gasteiger partial charge in [-0.1, -0.05) is 18.2 Å². The number of sulfonamides is 1. The van der Waals surface area contributed by atoms with Gasteiger partial charge in [0, 0.05) is 24.6 Å². The van der Waals surface area contributed by atoms with E-state index in [9.17, 15) is 13.2 Å². The Bertz CT molecular complexity index is 1190.